The minimum atomic E-state index is -0.411. The average molecular weight is 310 g/mol. The Labute approximate surface area is 112 Å². The molecule has 5 heteroatoms. The molecule has 0 aliphatic rings. The second-order valence-electron chi connectivity index (χ2n) is 3.76. The van der Waals surface area contributed by atoms with Crippen molar-refractivity contribution in [1.82, 2.24) is 4.57 Å². The van der Waals surface area contributed by atoms with Gasteiger partial charge in [-0.2, -0.15) is 0 Å². The van der Waals surface area contributed by atoms with Crippen LogP contribution in [0.15, 0.2) is 39.7 Å². The molecule has 2 rings (SSSR count). The van der Waals surface area contributed by atoms with Crippen molar-refractivity contribution in [2.75, 3.05) is 6.61 Å². The maximum Gasteiger partial charge on any atom is 0.326 e. The van der Waals surface area contributed by atoms with Crippen molar-refractivity contribution in [3.63, 3.8) is 0 Å². The molecule has 0 aliphatic heterocycles. The summed E-state index contributed by atoms with van der Waals surface area (Å²) in [6.07, 6.45) is 1.61. The molecule has 0 unspecified atom stereocenters. The zero-order valence-corrected chi connectivity index (χ0v) is 11.4. The summed E-state index contributed by atoms with van der Waals surface area (Å²) in [6, 6.07) is 7.33. The monoisotopic (exact) mass is 309 g/mol. The molecule has 18 heavy (non-hydrogen) atoms. The number of fused-ring (bicyclic) bond motifs is 1. The maximum absolute atomic E-state index is 12.2. The number of hydrogen-bond donors (Lipinski definition) is 0. The van der Waals surface area contributed by atoms with Crippen molar-refractivity contribution in [3.05, 3.63) is 45.3 Å². The van der Waals surface area contributed by atoms with Crippen molar-refractivity contribution in [3.8, 4) is 0 Å². The number of benzene rings is 1. The van der Waals surface area contributed by atoms with Crippen LogP contribution in [0.1, 0.15) is 6.92 Å². The highest BCUT2D eigenvalue weighted by Gasteiger charge is 2.09. The normalized spacial score (nSPS) is 10.6. The molecule has 0 N–H and O–H groups in total. The fourth-order valence-corrected chi connectivity index (χ4v) is 2.31. The van der Waals surface area contributed by atoms with Crippen molar-refractivity contribution in [2.24, 2.45) is 0 Å². The van der Waals surface area contributed by atoms with Crippen molar-refractivity contribution >= 4 is 32.7 Å². The van der Waals surface area contributed by atoms with Gasteiger partial charge in [0.15, 0.2) is 0 Å². The second-order valence-corrected chi connectivity index (χ2v) is 4.61. The summed E-state index contributed by atoms with van der Waals surface area (Å²) in [6.45, 7) is 1.98. The van der Waals surface area contributed by atoms with Crippen molar-refractivity contribution in [2.45, 2.75) is 13.5 Å². The number of pyridine rings is 1. The summed E-state index contributed by atoms with van der Waals surface area (Å²) in [4.78, 5) is 23.6. The van der Waals surface area contributed by atoms with Crippen LogP contribution in [0.2, 0.25) is 0 Å². The first kappa shape index (κ1) is 12.8. The Hall–Kier alpha value is -1.62. The first-order chi connectivity index (χ1) is 8.63. The predicted molar refractivity (Wildman–Crippen MR) is 72.5 cm³/mol. The first-order valence-corrected chi connectivity index (χ1v) is 6.36. The number of halogens is 1. The van der Waals surface area contributed by atoms with Crippen LogP contribution in [0.5, 0.6) is 0 Å². The Morgan fingerprint density at radius 3 is 2.89 bits per heavy atom. The fraction of sp³-hybridized carbons (Fsp3) is 0.231. The zero-order chi connectivity index (χ0) is 13.1. The third kappa shape index (κ3) is 2.46. The third-order valence-corrected chi connectivity index (χ3v) is 3.22. The lowest BCUT2D eigenvalue weighted by molar-refractivity contribution is -0.143. The lowest BCUT2D eigenvalue weighted by atomic mass is 10.2. The highest BCUT2D eigenvalue weighted by molar-refractivity contribution is 9.10. The Bertz CT molecular complexity index is 648. The average Bonchev–Trinajstić information content (AvgIpc) is 2.33. The molecule has 0 saturated heterocycles. The number of carbonyl (C=O) groups excluding carboxylic acids is 1. The van der Waals surface area contributed by atoms with E-state index in [-0.39, 0.29) is 12.1 Å². The molecule has 4 nitrogen and oxygen atoms in total. The fourth-order valence-electron chi connectivity index (χ4n) is 1.76. The van der Waals surface area contributed by atoms with E-state index >= 15 is 0 Å². The smallest absolute Gasteiger partial charge is 0.326 e. The highest BCUT2D eigenvalue weighted by atomic mass is 79.9. The Balaban J connectivity index is 2.48. The standard InChI is InChI=1S/C13H12BrNO3/c1-2-18-11(16)8-15-7-6-9-4-3-5-10(14)12(9)13(15)17/h3-7H,2,8H2,1H3. The molecule has 0 aliphatic carbocycles. The lowest BCUT2D eigenvalue weighted by Gasteiger charge is -2.07. The molecule has 1 heterocycles. The van der Waals surface area contributed by atoms with E-state index in [0.29, 0.717) is 12.0 Å². The van der Waals surface area contributed by atoms with Gasteiger partial charge in [-0.1, -0.05) is 12.1 Å². The number of ether oxygens (including phenoxy) is 1. The number of esters is 1. The maximum atomic E-state index is 12.2. The van der Waals surface area contributed by atoms with E-state index in [4.69, 9.17) is 4.74 Å². The molecule has 2 aromatic rings. The summed E-state index contributed by atoms with van der Waals surface area (Å²) in [5.74, 6) is -0.411. The van der Waals surface area contributed by atoms with Crippen LogP contribution in [-0.4, -0.2) is 17.1 Å². The van der Waals surface area contributed by atoms with Gasteiger partial charge in [0, 0.05) is 10.7 Å². The molecule has 0 radical (unpaired) electrons. The van der Waals surface area contributed by atoms with E-state index < -0.39 is 5.97 Å². The first-order valence-electron chi connectivity index (χ1n) is 5.56. The molecule has 0 amide bonds. The predicted octanol–water partition coefficient (Wildman–Crippen LogP) is 2.33. The van der Waals surface area contributed by atoms with Crippen molar-refractivity contribution in [1.29, 1.82) is 0 Å². The molecule has 0 bridgehead atoms. The molecule has 1 aromatic carbocycles. The number of nitrogens with zero attached hydrogens (tertiary/aromatic N) is 1. The molecular weight excluding hydrogens is 298 g/mol. The molecule has 0 spiro atoms. The van der Waals surface area contributed by atoms with Gasteiger partial charge in [-0.25, -0.2) is 0 Å². The number of hydrogen-bond acceptors (Lipinski definition) is 3. The summed E-state index contributed by atoms with van der Waals surface area (Å²) in [7, 11) is 0. The molecule has 94 valence electrons. The minimum Gasteiger partial charge on any atom is -0.465 e. The quantitative estimate of drug-likeness (QED) is 0.818. The summed E-state index contributed by atoms with van der Waals surface area (Å²) in [5.41, 5.74) is -0.201. The summed E-state index contributed by atoms with van der Waals surface area (Å²) >= 11 is 3.35. The SMILES string of the molecule is CCOC(=O)Cn1ccc2cccc(Br)c2c1=O. The van der Waals surface area contributed by atoms with Crippen LogP contribution in [-0.2, 0) is 16.1 Å². The van der Waals surface area contributed by atoms with Gasteiger partial charge in [0.25, 0.3) is 5.56 Å². The minimum absolute atomic E-state index is 0.0655. The van der Waals surface area contributed by atoms with E-state index in [1.165, 1.54) is 4.57 Å². The van der Waals surface area contributed by atoms with Gasteiger partial charge in [-0.05, 0) is 40.4 Å². The van der Waals surface area contributed by atoms with Gasteiger partial charge in [-0.15, -0.1) is 0 Å². The van der Waals surface area contributed by atoms with Crippen LogP contribution in [0, 0.1) is 0 Å². The number of rotatable bonds is 3. The third-order valence-electron chi connectivity index (χ3n) is 2.56. The summed E-state index contributed by atoms with van der Waals surface area (Å²) in [5, 5.41) is 1.42. The van der Waals surface area contributed by atoms with E-state index in [1.807, 2.05) is 12.1 Å². The topological polar surface area (TPSA) is 48.3 Å². The summed E-state index contributed by atoms with van der Waals surface area (Å²) < 4.78 is 6.91. The van der Waals surface area contributed by atoms with E-state index in [0.717, 1.165) is 9.86 Å². The van der Waals surface area contributed by atoms with Crippen LogP contribution in [0.4, 0.5) is 0 Å². The molecule has 0 saturated carbocycles. The van der Waals surface area contributed by atoms with Crippen LogP contribution >= 0.6 is 15.9 Å². The van der Waals surface area contributed by atoms with E-state index in [2.05, 4.69) is 15.9 Å². The van der Waals surface area contributed by atoms with Gasteiger partial charge < -0.3 is 9.30 Å². The second kappa shape index (κ2) is 5.35. The van der Waals surface area contributed by atoms with Crippen LogP contribution in [0.25, 0.3) is 10.8 Å². The molecule has 0 fully saturated rings. The Morgan fingerprint density at radius 1 is 1.39 bits per heavy atom. The molecule has 0 atom stereocenters. The van der Waals surface area contributed by atoms with E-state index in [1.54, 1.807) is 25.3 Å². The largest absolute Gasteiger partial charge is 0.465 e. The number of carbonyl (C=O) groups is 1. The highest BCUT2D eigenvalue weighted by Crippen LogP contribution is 2.19. The van der Waals surface area contributed by atoms with Gasteiger partial charge >= 0.3 is 5.97 Å². The van der Waals surface area contributed by atoms with Crippen LogP contribution < -0.4 is 5.56 Å². The molecular formula is C13H12BrNO3. The van der Waals surface area contributed by atoms with Gasteiger partial charge in [0.05, 0.1) is 12.0 Å². The van der Waals surface area contributed by atoms with Gasteiger partial charge in [0.2, 0.25) is 0 Å². The lowest BCUT2D eigenvalue weighted by Crippen LogP contribution is -2.25. The zero-order valence-electron chi connectivity index (χ0n) is 9.85. The van der Waals surface area contributed by atoms with E-state index in [9.17, 15) is 9.59 Å². The van der Waals surface area contributed by atoms with Gasteiger partial charge in [-0.3, -0.25) is 9.59 Å². The number of aromatic nitrogens is 1. The van der Waals surface area contributed by atoms with Gasteiger partial charge in [0.1, 0.15) is 6.54 Å². The van der Waals surface area contributed by atoms with Crippen molar-refractivity contribution < 1.29 is 9.53 Å². The molecule has 1 aromatic heterocycles. The Kier molecular flexibility index (Phi) is 3.81. The van der Waals surface area contributed by atoms with Crippen LogP contribution in [0.3, 0.4) is 0 Å². The Morgan fingerprint density at radius 2 is 2.17 bits per heavy atom.